The van der Waals surface area contributed by atoms with E-state index in [0.29, 0.717) is 17.4 Å². The van der Waals surface area contributed by atoms with Crippen LogP contribution in [0.4, 0.5) is 11.9 Å². The molecule has 0 unspecified atom stereocenters. The van der Waals surface area contributed by atoms with Gasteiger partial charge in [0.05, 0.1) is 26.3 Å². The minimum atomic E-state index is -0.0129. The third kappa shape index (κ3) is 2.81. The molecule has 1 aromatic heterocycles. The summed E-state index contributed by atoms with van der Waals surface area (Å²) in [6.07, 6.45) is 0.815. The molecule has 0 bridgehead atoms. The molecule has 2 atom stereocenters. The summed E-state index contributed by atoms with van der Waals surface area (Å²) in [5, 5.41) is 7.82. The Labute approximate surface area is 151 Å². The number of nitrogens with zero attached hydrogens (tertiary/aromatic N) is 3. The van der Waals surface area contributed by atoms with Gasteiger partial charge in [-0.1, -0.05) is 36.4 Å². The number of nitrogens with two attached hydrogens (primary N) is 1. The van der Waals surface area contributed by atoms with Gasteiger partial charge >= 0.3 is 0 Å². The maximum Gasteiger partial charge on any atom is 0.241 e. The first-order valence-electron chi connectivity index (χ1n) is 8.45. The topological polar surface area (TPSA) is 87.2 Å². The Morgan fingerprint density at radius 2 is 1.81 bits per heavy atom. The van der Waals surface area contributed by atoms with Crippen LogP contribution in [0.25, 0.3) is 0 Å². The molecule has 2 aromatic carbocycles. The van der Waals surface area contributed by atoms with Gasteiger partial charge in [-0.3, -0.25) is 0 Å². The van der Waals surface area contributed by atoms with Gasteiger partial charge in [0.2, 0.25) is 11.9 Å². The summed E-state index contributed by atoms with van der Waals surface area (Å²) in [6.45, 7) is 0. The lowest BCUT2D eigenvalue weighted by Gasteiger charge is -2.32. The molecule has 0 fully saturated rings. The van der Waals surface area contributed by atoms with Gasteiger partial charge in [0, 0.05) is 0 Å². The Morgan fingerprint density at radius 3 is 2.54 bits per heavy atom. The van der Waals surface area contributed by atoms with Gasteiger partial charge in [0.25, 0.3) is 0 Å². The van der Waals surface area contributed by atoms with Crippen LogP contribution >= 0.6 is 0 Å². The summed E-state index contributed by atoms with van der Waals surface area (Å²) < 4.78 is 12.7. The lowest BCUT2D eigenvalue weighted by molar-refractivity contribution is 0.352. The molecule has 3 N–H and O–H groups in total. The number of ether oxygens (including phenoxy) is 2. The highest BCUT2D eigenvalue weighted by atomic mass is 16.5. The lowest BCUT2D eigenvalue weighted by atomic mass is 9.93. The monoisotopic (exact) mass is 351 g/mol. The average molecular weight is 351 g/mol. The number of hydrogen-bond acceptors (Lipinski definition) is 6. The molecule has 3 aromatic rings. The second kappa shape index (κ2) is 6.59. The Morgan fingerprint density at radius 1 is 1.04 bits per heavy atom. The molecule has 2 heterocycles. The Balaban J connectivity index is 1.76. The Kier molecular flexibility index (Phi) is 4.12. The third-order valence-corrected chi connectivity index (χ3v) is 4.70. The number of rotatable bonds is 4. The van der Waals surface area contributed by atoms with E-state index in [-0.39, 0.29) is 18.0 Å². The summed E-state index contributed by atoms with van der Waals surface area (Å²) in [7, 11) is 3.26. The molecule has 0 saturated heterocycles. The third-order valence-electron chi connectivity index (χ3n) is 4.70. The van der Waals surface area contributed by atoms with E-state index in [0.717, 1.165) is 12.0 Å². The van der Waals surface area contributed by atoms with Gasteiger partial charge in [-0.05, 0) is 29.7 Å². The van der Waals surface area contributed by atoms with Gasteiger partial charge in [-0.2, -0.15) is 4.98 Å². The molecule has 0 amide bonds. The van der Waals surface area contributed by atoms with Gasteiger partial charge in [0.1, 0.15) is 0 Å². The summed E-state index contributed by atoms with van der Waals surface area (Å²) >= 11 is 0. The number of nitrogen functional groups attached to an aromatic ring is 1. The summed E-state index contributed by atoms with van der Waals surface area (Å²) in [5.74, 6) is 2.31. The Hall–Kier alpha value is -3.22. The zero-order chi connectivity index (χ0) is 18.1. The number of nitrogens with one attached hydrogen (secondary N) is 1. The van der Waals surface area contributed by atoms with Crippen LogP contribution in [-0.4, -0.2) is 29.0 Å². The van der Waals surface area contributed by atoms with Crippen molar-refractivity contribution in [3.63, 3.8) is 0 Å². The number of anilines is 2. The zero-order valence-electron chi connectivity index (χ0n) is 14.7. The average Bonchev–Trinajstić information content (AvgIpc) is 3.07. The predicted molar refractivity (Wildman–Crippen MR) is 99.5 cm³/mol. The zero-order valence-corrected chi connectivity index (χ0v) is 14.7. The van der Waals surface area contributed by atoms with Gasteiger partial charge in [-0.15, -0.1) is 5.10 Å². The predicted octanol–water partition coefficient (Wildman–Crippen LogP) is 3.02. The van der Waals surface area contributed by atoms with Crippen LogP contribution in [0.3, 0.4) is 0 Å². The fraction of sp³-hybridized carbons (Fsp3) is 0.263. The van der Waals surface area contributed by atoms with Crippen molar-refractivity contribution in [3.05, 3.63) is 59.7 Å². The highest BCUT2D eigenvalue weighted by Crippen LogP contribution is 2.40. The van der Waals surface area contributed by atoms with Crippen molar-refractivity contribution in [3.8, 4) is 11.5 Å². The standard InChI is InChI=1S/C19H21N5O2/c1-25-16-9-8-13(10-17(16)26-2)15-11-14(12-6-4-3-5-7-12)21-19-22-18(20)23-24(15)19/h3-10,14-15H,11H2,1-2H3,(H3,20,21,22,23)/t14-,15+/m0/s1. The van der Waals surface area contributed by atoms with E-state index < -0.39 is 0 Å². The molecule has 4 rings (SSSR count). The smallest absolute Gasteiger partial charge is 0.241 e. The second-order valence-corrected chi connectivity index (χ2v) is 6.21. The number of aromatic nitrogens is 3. The van der Waals surface area contributed by atoms with Crippen molar-refractivity contribution in [2.75, 3.05) is 25.3 Å². The van der Waals surface area contributed by atoms with Crippen molar-refractivity contribution < 1.29 is 9.47 Å². The van der Waals surface area contributed by atoms with Crippen LogP contribution in [0.5, 0.6) is 11.5 Å². The van der Waals surface area contributed by atoms with Crippen LogP contribution in [-0.2, 0) is 0 Å². The van der Waals surface area contributed by atoms with E-state index in [9.17, 15) is 0 Å². The van der Waals surface area contributed by atoms with Crippen molar-refractivity contribution in [2.45, 2.75) is 18.5 Å². The van der Waals surface area contributed by atoms with E-state index in [1.165, 1.54) is 5.56 Å². The minimum Gasteiger partial charge on any atom is -0.493 e. The van der Waals surface area contributed by atoms with Crippen LogP contribution < -0.4 is 20.5 Å². The molecule has 26 heavy (non-hydrogen) atoms. The number of benzene rings is 2. The van der Waals surface area contributed by atoms with Crippen LogP contribution in [0.15, 0.2) is 48.5 Å². The fourth-order valence-corrected chi connectivity index (χ4v) is 3.44. The molecular weight excluding hydrogens is 330 g/mol. The molecule has 7 nitrogen and oxygen atoms in total. The highest BCUT2D eigenvalue weighted by Gasteiger charge is 2.31. The molecule has 0 aliphatic carbocycles. The largest absolute Gasteiger partial charge is 0.493 e. The first-order valence-corrected chi connectivity index (χ1v) is 8.45. The fourth-order valence-electron chi connectivity index (χ4n) is 3.44. The molecular formula is C19H21N5O2. The van der Waals surface area contributed by atoms with Crippen LogP contribution in [0.2, 0.25) is 0 Å². The van der Waals surface area contributed by atoms with E-state index in [1.807, 2.05) is 41.1 Å². The Bertz CT molecular complexity index is 910. The van der Waals surface area contributed by atoms with E-state index in [2.05, 4.69) is 27.5 Å². The number of fused-ring (bicyclic) bond motifs is 1. The van der Waals surface area contributed by atoms with Crippen molar-refractivity contribution in [1.82, 2.24) is 14.8 Å². The van der Waals surface area contributed by atoms with E-state index in [4.69, 9.17) is 15.2 Å². The molecule has 134 valence electrons. The summed E-state index contributed by atoms with van der Waals surface area (Å²) in [4.78, 5) is 4.34. The van der Waals surface area contributed by atoms with Crippen molar-refractivity contribution in [2.24, 2.45) is 0 Å². The van der Waals surface area contributed by atoms with Crippen LogP contribution in [0.1, 0.15) is 29.6 Å². The van der Waals surface area contributed by atoms with Crippen molar-refractivity contribution in [1.29, 1.82) is 0 Å². The molecule has 0 radical (unpaired) electrons. The SMILES string of the molecule is COc1ccc([C@H]2C[C@@H](c3ccccc3)Nc3nc(N)nn32)cc1OC. The normalized spacial score (nSPS) is 18.7. The minimum absolute atomic E-state index is 0.0129. The number of hydrogen-bond donors (Lipinski definition) is 2. The lowest BCUT2D eigenvalue weighted by Crippen LogP contribution is -2.28. The van der Waals surface area contributed by atoms with Gasteiger partial charge < -0.3 is 20.5 Å². The first-order chi connectivity index (χ1) is 12.7. The number of methoxy groups -OCH3 is 2. The molecule has 0 saturated carbocycles. The molecule has 1 aliphatic heterocycles. The van der Waals surface area contributed by atoms with Crippen LogP contribution in [0, 0.1) is 0 Å². The molecule has 1 aliphatic rings. The van der Waals surface area contributed by atoms with E-state index >= 15 is 0 Å². The molecule has 7 heteroatoms. The maximum absolute atomic E-state index is 5.86. The summed E-state index contributed by atoms with van der Waals surface area (Å²) in [5.41, 5.74) is 8.12. The second-order valence-electron chi connectivity index (χ2n) is 6.21. The van der Waals surface area contributed by atoms with Gasteiger partial charge in [0.15, 0.2) is 11.5 Å². The highest BCUT2D eigenvalue weighted by molar-refractivity contribution is 5.47. The first kappa shape index (κ1) is 16.3. The van der Waals surface area contributed by atoms with E-state index in [1.54, 1.807) is 14.2 Å². The molecule has 0 spiro atoms. The maximum atomic E-state index is 5.86. The van der Waals surface area contributed by atoms with Gasteiger partial charge in [-0.25, -0.2) is 4.68 Å². The summed E-state index contributed by atoms with van der Waals surface area (Å²) in [6, 6.07) is 16.3. The van der Waals surface area contributed by atoms with Crippen molar-refractivity contribution >= 4 is 11.9 Å². The quantitative estimate of drug-likeness (QED) is 0.751.